The number of hydrogen-bond acceptors (Lipinski definition) is 3. The van der Waals surface area contributed by atoms with Crippen molar-refractivity contribution >= 4 is 22.6 Å². The quantitative estimate of drug-likeness (QED) is 0.771. The number of hydrogen-bond donors (Lipinski definition) is 1. The molecule has 0 aromatic carbocycles. The molecule has 5 nitrogen and oxygen atoms in total. The van der Waals surface area contributed by atoms with E-state index in [-0.39, 0.29) is 23.9 Å². The molecule has 2 atom stereocenters. The minimum absolute atomic E-state index is 0.0160. The fourth-order valence-electron chi connectivity index (χ4n) is 2.68. The van der Waals surface area contributed by atoms with Crippen molar-refractivity contribution in [1.82, 2.24) is 10.2 Å². The topological polar surface area (TPSA) is 66.5 Å². The molecule has 0 bridgehead atoms. The van der Waals surface area contributed by atoms with Crippen molar-refractivity contribution in [3.05, 3.63) is 0 Å². The van der Waals surface area contributed by atoms with E-state index < -0.39 is 16.8 Å². The van der Waals surface area contributed by atoms with Crippen molar-refractivity contribution in [3.63, 3.8) is 0 Å². The maximum Gasteiger partial charge on any atom is 0.246 e. The van der Waals surface area contributed by atoms with Gasteiger partial charge in [0.15, 0.2) is 0 Å². The summed E-state index contributed by atoms with van der Waals surface area (Å²) in [4.78, 5) is 25.9. The van der Waals surface area contributed by atoms with E-state index in [4.69, 9.17) is 0 Å². The number of rotatable bonds is 2. The highest BCUT2D eigenvalue weighted by atomic mass is 32.2. The molecule has 102 valence electrons. The Morgan fingerprint density at radius 3 is 2.50 bits per heavy atom. The van der Waals surface area contributed by atoms with E-state index in [0.29, 0.717) is 17.9 Å². The summed E-state index contributed by atoms with van der Waals surface area (Å²) in [6.45, 7) is 3.66. The first-order valence-corrected chi connectivity index (χ1v) is 8.01. The maximum atomic E-state index is 12.3. The third-order valence-corrected chi connectivity index (χ3v) is 5.21. The fraction of sp³-hybridized carbons (Fsp3) is 0.833. The summed E-state index contributed by atoms with van der Waals surface area (Å²) in [6.07, 6.45) is 2.10. The van der Waals surface area contributed by atoms with Gasteiger partial charge in [-0.1, -0.05) is 6.92 Å². The van der Waals surface area contributed by atoms with Gasteiger partial charge in [0.25, 0.3) is 0 Å². The number of nitrogens with zero attached hydrogens (tertiary/aromatic N) is 1. The molecule has 0 saturated carbocycles. The van der Waals surface area contributed by atoms with Crippen LogP contribution in [0.15, 0.2) is 0 Å². The molecule has 2 saturated heterocycles. The first kappa shape index (κ1) is 13.5. The Morgan fingerprint density at radius 1 is 1.33 bits per heavy atom. The lowest BCUT2D eigenvalue weighted by atomic mass is 10.0. The van der Waals surface area contributed by atoms with E-state index in [9.17, 15) is 13.8 Å². The van der Waals surface area contributed by atoms with E-state index in [2.05, 4.69) is 5.32 Å². The van der Waals surface area contributed by atoms with Crippen molar-refractivity contribution in [2.75, 3.05) is 11.5 Å². The first-order valence-electron chi connectivity index (χ1n) is 6.52. The predicted octanol–water partition coefficient (Wildman–Crippen LogP) is 0.0230. The highest BCUT2D eigenvalue weighted by Crippen LogP contribution is 2.22. The fourth-order valence-corrected chi connectivity index (χ4v) is 3.96. The van der Waals surface area contributed by atoms with E-state index in [1.54, 1.807) is 11.8 Å². The Balaban J connectivity index is 2.15. The third kappa shape index (κ3) is 2.43. The van der Waals surface area contributed by atoms with Crippen molar-refractivity contribution in [1.29, 1.82) is 0 Å². The molecule has 2 fully saturated rings. The average molecular weight is 272 g/mol. The van der Waals surface area contributed by atoms with E-state index in [1.165, 1.54) is 0 Å². The zero-order valence-corrected chi connectivity index (χ0v) is 11.7. The normalized spacial score (nSPS) is 37.6. The average Bonchev–Trinajstić information content (AvgIpc) is 2.36. The highest BCUT2D eigenvalue weighted by molar-refractivity contribution is 7.85. The van der Waals surface area contributed by atoms with Gasteiger partial charge >= 0.3 is 0 Å². The van der Waals surface area contributed by atoms with Crippen LogP contribution in [-0.4, -0.2) is 50.6 Å². The van der Waals surface area contributed by atoms with Gasteiger partial charge in [-0.15, -0.1) is 0 Å². The zero-order valence-electron chi connectivity index (χ0n) is 10.8. The summed E-state index contributed by atoms with van der Waals surface area (Å²) in [7, 11) is -0.746. The van der Waals surface area contributed by atoms with Crippen LogP contribution in [0.2, 0.25) is 0 Å². The Kier molecular flexibility index (Phi) is 4.04. The first-order chi connectivity index (χ1) is 8.54. The second-order valence-corrected chi connectivity index (χ2v) is 6.67. The van der Waals surface area contributed by atoms with Crippen LogP contribution in [0, 0.1) is 0 Å². The predicted molar refractivity (Wildman–Crippen MR) is 69.4 cm³/mol. The molecule has 6 heteroatoms. The van der Waals surface area contributed by atoms with Gasteiger partial charge in [-0.3, -0.25) is 13.8 Å². The number of carbonyl (C=O) groups is 2. The van der Waals surface area contributed by atoms with Crippen LogP contribution in [0.4, 0.5) is 0 Å². The molecule has 0 aliphatic carbocycles. The summed E-state index contributed by atoms with van der Waals surface area (Å²) >= 11 is 0. The van der Waals surface area contributed by atoms with Gasteiger partial charge in [0.2, 0.25) is 11.8 Å². The van der Waals surface area contributed by atoms with Crippen molar-refractivity contribution in [2.45, 2.75) is 51.2 Å². The smallest absolute Gasteiger partial charge is 0.246 e. The number of carbonyl (C=O) groups excluding carboxylic acids is 2. The molecule has 2 amide bonds. The van der Waals surface area contributed by atoms with Crippen LogP contribution in [0.1, 0.15) is 33.1 Å². The monoisotopic (exact) mass is 272 g/mol. The summed E-state index contributed by atoms with van der Waals surface area (Å²) < 4.78 is 11.4. The van der Waals surface area contributed by atoms with Crippen LogP contribution >= 0.6 is 0 Å². The molecular formula is C12H20N2O3S. The van der Waals surface area contributed by atoms with Crippen LogP contribution in [-0.2, 0) is 20.4 Å². The molecular weight excluding hydrogens is 252 g/mol. The number of nitrogens with one attached hydrogen (secondary N) is 1. The third-order valence-electron chi connectivity index (χ3n) is 3.82. The molecule has 2 aliphatic heterocycles. The highest BCUT2D eigenvalue weighted by Gasteiger charge is 2.41. The Hall–Kier alpha value is -0.910. The van der Waals surface area contributed by atoms with Crippen molar-refractivity contribution in [2.24, 2.45) is 0 Å². The standard InChI is InChI=1S/C12H20N2O3S/c1-3-10-12(16)14(8(2)11(15)13-10)9-4-6-18(17)7-5-9/h8-10H,3-7H2,1-2H3,(H,13,15). The lowest BCUT2D eigenvalue weighted by Crippen LogP contribution is -2.65. The van der Waals surface area contributed by atoms with Gasteiger partial charge in [0.05, 0.1) is 0 Å². The summed E-state index contributed by atoms with van der Waals surface area (Å²) in [5, 5.41) is 2.75. The molecule has 2 rings (SSSR count). The van der Waals surface area contributed by atoms with Crippen LogP contribution < -0.4 is 5.32 Å². The van der Waals surface area contributed by atoms with E-state index in [0.717, 1.165) is 12.8 Å². The van der Waals surface area contributed by atoms with Gasteiger partial charge in [0, 0.05) is 28.3 Å². The SMILES string of the molecule is CCC1NC(=O)C(C)N(C2CCS(=O)CC2)C1=O. The minimum atomic E-state index is -0.746. The molecule has 0 spiro atoms. The molecule has 0 aromatic heterocycles. The number of piperazine rings is 1. The summed E-state index contributed by atoms with van der Waals surface area (Å²) in [5.41, 5.74) is 0. The summed E-state index contributed by atoms with van der Waals surface area (Å²) in [6, 6.07) is -0.719. The molecule has 18 heavy (non-hydrogen) atoms. The largest absolute Gasteiger partial charge is 0.343 e. The Bertz CT molecular complexity index is 376. The zero-order chi connectivity index (χ0) is 13.3. The molecule has 0 radical (unpaired) electrons. The van der Waals surface area contributed by atoms with Gasteiger partial charge in [0.1, 0.15) is 12.1 Å². The van der Waals surface area contributed by atoms with E-state index in [1.807, 2.05) is 6.92 Å². The van der Waals surface area contributed by atoms with Gasteiger partial charge in [-0.25, -0.2) is 0 Å². The molecule has 2 unspecified atom stereocenters. The lowest BCUT2D eigenvalue weighted by molar-refractivity contribution is -0.151. The van der Waals surface area contributed by atoms with Gasteiger partial charge < -0.3 is 10.2 Å². The van der Waals surface area contributed by atoms with Crippen LogP contribution in [0.25, 0.3) is 0 Å². The molecule has 0 aromatic rings. The molecule has 2 aliphatic rings. The Morgan fingerprint density at radius 2 is 1.94 bits per heavy atom. The van der Waals surface area contributed by atoms with Crippen molar-refractivity contribution < 1.29 is 13.8 Å². The van der Waals surface area contributed by atoms with Gasteiger partial charge in [-0.2, -0.15) is 0 Å². The molecule has 1 N–H and O–H groups in total. The van der Waals surface area contributed by atoms with Gasteiger partial charge in [-0.05, 0) is 26.2 Å². The molecule has 2 heterocycles. The maximum absolute atomic E-state index is 12.3. The van der Waals surface area contributed by atoms with Crippen molar-refractivity contribution in [3.8, 4) is 0 Å². The van der Waals surface area contributed by atoms with Crippen LogP contribution in [0.5, 0.6) is 0 Å². The number of amides is 2. The lowest BCUT2D eigenvalue weighted by Gasteiger charge is -2.43. The summed E-state index contributed by atoms with van der Waals surface area (Å²) in [5.74, 6) is 1.22. The van der Waals surface area contributed by atoms with Crippen LogP contribution in [0.3, 0.4) is 0 Å². The minimum Gasteiger partial charge on any atom is -0.343 e. The Labute approximate surface area is 110 Å². The second kappa shape index (κ2) is 5.38. The van der Waals surface area contributed by atoms with E-state index >= 15 is 0 Å². The second-order valence-electron chi connectivity index (χ2n) is 4.97.